The van der Waals surface area contributed by atoms with Gasteiger partial charge in [-0.1, -0.05) is 41.4 Å². The summed E-state index contributed by atoms with van der Waals surface area (Å²) in [5.41, 5.74) is 1.81. The highest BCUT2D eigenvalue weighted by atomic mass is 35.5. The molecule has 3 heterocycles. The zero-order valence-electron chi connectivity index (χ0n) is 14.2. The van der Waals surface area contributed by atoms with E-state index in [9.17, 15) is 4.79 Å². The summed E-state index contributed by atoms with van der Waals surface area (Å²) in [7, 11) is 0. The molecular weight excluding hydrogens is 401 g/mol. The Hall–Kier alpha value is -2.47. The van der Waals surface area contributed by atoms with Crippen molar-refractivity contribution in [3.8, 4) is 5.69 Å². The lowest BCUT2D eigenvalue weighted by atomic mass is 10.2. The van der Waals surface area contributed by atoms with Crippen molar-refractivity contribution in [2.24, 2.45) is 0 Å². The molecule has 0 unspecified atom stereocenters. The summed E-state index contributed by atoms with van der Waals surface area (Å²) in [5, 5.41) is 3.33. The predicted octanol–water partition coefficient (Wildman–Crippen LogP) is 5.63. The van der Waals surface area contributed by atoms with Crippen LogP contribution in [-0.2, 0) is 0 Å². The normalized spacial score (nSPS) is 11.5. The molecule has 0 atom stereocenters. The van der Waals surface area contributed by atoms with Gasteiger partial charge in [-0.3, -0.25) is 9.36 Å². The minimum absolute atomic E-state index is 0.174. The first-order valence-corrected chi connectivity index (χ1v) is 9.74. The molecular formula is C20H13Cl2N3OS. The number of benzene rings is 1. The molecule has 0 aliphatic rings. The highest BCUT2D eigenvalue weighted by Gasteiger charge is 2.16. The Morgan fingerprint density at radius 3 is 2.70 bits per heavy atom. The van der Waals surface area contributed by atoms with E-state index in [0.717, 1.165) is 10.4 Å². The van der Waals surface area contributed by atoms with Crippen LogP contribution in [0.2, 0.25) is 10.2 Å². The number of rotatable bonds is 3. The maximum Gasteiger partial charge on any atom is 0.267 e. The summed E-state index contributed by atoms with van der Waals surface area (Å²) < 4.78 is 1.49. The van der Waals surface area contributed by atoms with E-state index in [2.05, 4.69) is 9.97 Å². The number of aryl methyl sites for hydroxylation is 1. The fourth-order valence-corrected chi connectivity index (χ4v) is 4.01. The van der Waals surface area contributed by atoms with Crippen LogP contribution in [0, 0.1) is 6.92 Å². The van der Waals surface area contributed by atoms with Gasteiger partial charge in [0.15, 0.2) is 5.15 Å². The molecule has 7 heteroatoms. The average molecular weight is 414 g/mol. The average Bonchev–Trinajstić information content (AvgIpc) is 3.03. The van der Waals surface area contributed by atoms with Gasteiger partial charge in [0.1, 0.15) is 5.82 Å². The third-order valence-electron chi connectivity index (χ3n) is 4.13. The number of pyridine rings is 1. The number of hydrogen-bond acceptors (Lipinski definition) is 4. The molecule has 0 amide bonds. The first kappa shape index (κ1) is 17.9. The van der Waals surface area contributed by atoms with Crippen molar-refractivity contribution in [1.82, 2.24) is 14.5 Å². The second-order valence-electron chi connectivity index (χ2n) is 5.83. The van der Waals surface area contributed by atoms with Crippen LogP contribution in [0.1, 0.15) is 16.3 Å². The SMILES string of the molecule is Cc1scc2nc(C=Cc3ccccc3Cl)n(-c3cccnc3Cl)c(=O)c12. The number of halogens is 2. The molecule has 0 fully saturated rings. The van der Waals surface area contributed by atoms with E-state index >= 15 is 0 Å². The zero-order valence-corrected chi connectivity index (χ0v) is 16.5. The summed E-state index contributed by atoms with van der Waals surface area (Å²) in [5.74, 6) is 0.458. The third kappa shape index (κ3) is 3.30. The summed E-state index contributed by atoms with van der Waals surface area (Å²) >= 11 is 14.0. The Kier molecular flexibility index (Phi) is 4.83. The minimum Gasteiger partial charge on any atom is -0.268 e. The molecule has 27 heavy (non-hydrogen) atoms. The molecule has 4 aromatic rings. The molecule has 0 N–H and O–H groups in total. The number of nitrogens with zero attached hydrogens (tertiary/aromatic N) is 3. The van der Waals surface area contributed by atoms with Crippen LogP contribution in [0.25, 0.3) is 28.7 Å². The monoisotopic (exact) mass is 413 g/mol. The fourth-order valence-electron chi connectivity index (χ4n) is 2.84. The van der Waals surface area contributed by atoms with E-state index in [4.69, 9.17) is 23.2 Å². The van der Waals surface area contributed by atoms with Gasteiger partial charge in [-0.15, -0.1) is 11.3 Å². The third-order valence-corrected chi connectivity index (χ3v) is 5.67. The van der Waals surface area contributed by atoms with Crippen molar-refractivity contribution in [3.63, 3.8) is 0 Å². The lowest BCUT2D eigenvalue weighted by molar-refractivity contribution is 0.936. The smallest absolute Gasteiger partial charge is 0.267 e. The van der Waals surface area contributed by atoms with Gasteiger partial charge in [0.2, 0.25) is 0 Å². The maximum absolute atomic E-state index is 13.2. The number of thiophene rings is 1. The van der Waals surface area contributed by atoms with Crippen LogP contribution in [-0.4, -0.2) is 14.5 Å². The highest BCUT2D eigenvalue weighted by Crippen LogP contribution is 2.25. The van der Waals surface area contributed by atoms with Gasteiger partial charge in [0, 0.05) is 21.5 Å². The van der Waals surface area contributed by atoms with Crippen molar-refractivity contribution in [3.05, 3.63) is 84.8 Å². The van der Waals surface area contributed by atoms with Crippen LogP contribution < -0.4 is 5.56 Å². The van der Waals surface area contributed by atoms with Crippen LogP contribution in [0.15, 0.2) is 52.8 Å². The topological polar surface area (TPSA) is 47.8 Å². The Bertz CT molecular complexity index is 1240. The molecule has 0 aliphatic heterocycles. The number of aromatic nitrogens is 3. The molecule has 0 bridgehead atoms. The van der Waals surface area contributed by atoms with E-state index in [1.54, 1.807) is 24.4 Å². The van der Waals surface area contributed by atoms with Crippen molar-refractivity contribution < 1.29 is 0 Å². The first-order chi connectivity index (χ1) is 13.1. The van der Waals surface area contributed by atoms with Crippen molar-refractivity contribution in [2.45, 2.75) is 6.92 Å². The number of fused-ring (bicyclic) bond motifs is 1. The second kappa shape index (κ2) is 7.27. The van der Waals surface area contributed by atoms with Crippen molar-refractivity contribution in [1.29, 1.82) is 0 Å². The molecule has 0 saturated heterocycles. The summed E-state index contributed by atoms with van der Waals surface area (Å²) in [4.78, 5) is 22.9. The van der Waals surface area contributed by atoms with Gasteiger partial charge in [0.05, 0.1) is 16.6 Å². The van der Waals surface area contributed by atoms with Gasteiger partial charge in [0.25, 0.3) is 5.56 Å². The van der Waals surface area contributed by atoms with Gasteiger partial charge in [-0.25, -0.2) is 9.97 Å². The summed E-state index contributed by atoms with van der Waals surface area (Å²) in [6, 6.07) is 11.0. The van der Waals surface area contributed by atoms with Crippen LogP contribution in [0.3, 0.4) is 0 Å². The Morgan fingerprint density at radius 1 is 1.11 bits per heavy atom. The lowest BCUT2D eigenvalue weighted by Gasteiger charge is -2.11. The van der Waals surface area contributed by atoms with E-state index in [1.807, 2.05) is 42.6 Å². The molecule has 0 radical (unpaired) electrons. The van der Waals surface area contributed by atoms with Crippen LogP contribution >= 0.6 is 34.5 Å². The molecule has 0 aliphatic carbocycles. The summed E-state index contributed by atoms with van der Waals surface area (Å²) in [6.45, 7) is 1.91. The second-order valence-corrected chi connectivity index (χ2v) is 7.68. The highest BCUT2D eigenvalue weighted by molar-refractivity contribution is 7.11. The molecule has 4 nitrogen and oxygen atoms in total. The Labute approximate surface area is 169 Å². The quantitative estimate of drug-likeness (QED) is 0.409. The van der Waals surface area contributed by atoms with E-state index in [0.29, 0.717) is 27.4 Å². The first-order valence-electron chi connectivity index (χ1n) is 8.10. The van der Waals surface area contributed by atoms with E-state index in [1.165, 1.54) is 15.9 Å². The molecule has 3 aromatic heterocycles. The van der Waals surface area contributed by atoms with Crippen molar-refractivity contribution >= 4 is 57.6 Å². The molecule has 134 valence electrons. The molecule has 1 aromatic carbocycles. The standard InChI is InChI=1S/C20H13Cl2N3OS/c1-12-18-15(11-27-12)24-17(9-8-13-5-2-3-6-14(13)21)25(20(18)26)16-7-4-10-23-19(16)22/h2-11H,1H3. The Balaban J connectivity index is 1.99. The largest absolute Gasteiger partial charge is 0.268 e. The summed E-state index contributed by atoms with van der Waals surface area (Å²) in [6.07, 6.45) is 5.17. The van der Waals surface area contributed by atoms with Gasteiger partial charge in [-0.2, -0.15) is 0 Å². The van der Waals surface area contributed by atoms with Crippen LogP contribution in [0.4, 0.5) is 0 Å². The number of hydrogen-bond donors (Lipinski definition) is 0. The minimum atomic E-state index is -0.174. The molecule has 4 rings (SSSR count). The fraction of sp³-hybridized carbons (Fsp3) is 0.0500. The van der Waals surface area contributed by atoms with E-state index < -0.39 is 0 Å². The van der Waals surface area contributed by atoms with Crippen LogP contribution in [0.5, 0.6) is 0 Å². The predicted molar refractivity (Wildman–Crippen MR) is 113 cm³/mol. The molecule has 0 saturated carbocycles. The van der Waals surface area contributed by atoms with Gasteiger partial charge < -0.3 is 0 Å². The Morgan fingerprint density at radius 2 is 1.93 bits per heavy atom. The lowest BCUT2D eigenvalue weighted by Crippen LogP contribution is -2.22. The van der Waals surface area contributed by atoms with Gasteiger partial charge >= 0.3 is 0 Å². The maximum atomic E-state index is 13.2. The zero-order chi connectivity index (χ0) is 19.0. The van der Waals surface area contributed by atoms with Gasteiger partial charge in [-0.05, 0) is 42.8 Å². The molecule has 0 spiro atoms. The van der Waals surface area contributed by atoms with Crippen molar-refractivity contribution in [2.75, 3.05) is 0 Å². The van der Waals surface area contributed by atoms with E-state index in [-0.39, 0.29) is 10.7 Å².